The number of nitro benzene ring substituents is 1. The normalized spacial score (nSPS) is 10.1. The largest absolute Gasteiger partial charge is 0.456 e. The number of anilines is 1. The van der Waals surface area contributed by atoms with Gasteiger partial charge in [0.2, 0.25) is 0 Å². The third kappa shape index (κ3) is 2.70. The van der Waals surface area contributed by atoms with E-state index in [0.717, 1.165) is 3.57 Å². The molecule has 5 nitrogen and oxygen atoms in total. The minimum absolute atomic E-state index is 0.0865. The van der Waals surface area contributed by atoms with Crippen molar-refractivity contribution >= 4 is 34.0 Å². The van der Waals surface area contributed by atoms with Gasteiger partial charge in [0.05, 0.1) is 8.49 Å². The fourth-order valence-corrected chi connectivity index (χ4v) is 1.91. The Labute approximate surface area is 117 Å². The fraction of sp³-hybridized carbons (Fsp3) is 0. The molecule has 0 aromatic heterocycles. The molecule has 18 heavy (non-hydrogen) atoms. The van der Waals surface area contributed by atoms with Crippen molar-refractivity contribution in [3.63, 3.8) is 0 Å². The zero-order valence-electron chi connectivity index (χ0n) is 9.17. The molecule has 0 fully saturated rings. The van der Waals surface area contributed by atoms with E-state index in [1.54, 1.807) is 0 Å². The van der Waals surface area contributed by atoms with Crippen molar-refractivity contribution in [2.45, 2.75) is 0 Å². The van der Waals surface area contributed by atoms with E-state index in [1.807, 2.05) is 24.3 Å². The predicted molar refractivity (Wildman–Crippen MR) is 76.7 cm³/mol. The molecule has 0 spiro atoms. The van der Waals surface area contributed by atoms with Gasteiger partial charge in [0.1, 0.15) is 17.2 Å². The van der Waals surface area contributed by atoms with Crippen molar-refractivity contribution < 1.29 is 9.66 Å². The van der Waals surface area contributed by atoms with Crippen LogP contribution in [-0.2, 0) is 0 Å². The maximum absolute atomic E-state index is 10.6. The van der Waals surface area contributed by atoms with Crippen LogP contribution in [0.1, 0.15) is 0 Å². The van der Waals surface area contributed by atoms with Crippen molar-refractivity contribution in [1.29, 1.82) is 0 Å². The number of halogens is 1. The molecule has 2 aromatic carbocycles. The van der Waals surface area contributed by atoms with Gasteiger partial charge in [0, 0.05) is 12.1 Å². The summed E-state index contributed by atoms with van der Waals surface area (Å²) >= 11 is 2.15. The van der Waals surface area contributed by atoms with Gasteiger partial charge >= 0.3 is 0 Å². The number of para-hydroxylation sites is 1. The van der Waals surface area contributed by atoms with E-state index in [9.17, 15) is 10.1 Å². The molecular weight excluding hydrogens is 347 g/mol. The average Bonchev–Trinajstić information content (AvgIpc) is 2.32. The minimum atomic E-state index is -0.522. The molecule has 0 saturated heterocycles. The van der Waals surface area contributed by atoms with Crippen LogP contribution < -0.4 is 10.5 Å². The lowest BCUT2D eigenvalue weighted by atomic mass is 10.2. The number of rotatable bonds is 3. The van der Waals surface area contributed by atoms with Gasteiger partial charge in [-0.2, -0.15) is 0 Å². The molecule has 0 saturated carbocycles. The Hall–Kier alpha value is -1.83. The number of nitrogen functional groups attached to an aromatic ring is 1. The van der Waals surface area contributed by atoms with Crippen LogP contribution in [0.5, 0.6) is 11.5 Å². The van der Waals surface area contributed by atoms with E-state index in [4.69, 9.17) is 10.5 Å². The molecule has 0 amide bonds. The van der Waals surface area contributed by atoms with Crippen LogP contribution in [0.4, 0.5) is 11.4 Å². The van der Waals surface area contributed by atoms with Gasteiger partial charge in [0.25, 0.3) is 5.69 Å². The summed E-state index contributed by atoms with van der Waals surface area (Å²) in [6.45, 7) is 0. The van der Waals surface area contributed by atoms with Gasteiger partial charge in [-0.05, 0) is 40.8 Å². The van der Waals surface area contributed by atoms with Crippen molar-refractivity contribution in [2.24, 2.45) is 0 Å². The Morgan fingerprint density at radius 1 is 1.22 bits per heavy atom. The van der Waals surface area contributed by atoms with Crippen molar-refractivity contribution in [3.05, 3.63) is 56.1 Å². The minimum Gasteiger partial charge on any atom is -0.456 e. The van der Waals surface area contributed by atoms with E-state index in [2.05, 4.69) is 22.6 Å². The summed E-state index contributed by atoms with van der Waals surface area (Å²) in [7, 11) is 0. The molecule has 0 aliphatic heterocycles. The monoisotopic (exact) mass is 356 g/mol. The molecule has 0 radical (unpaired) electrons. The van der Waals surface area contributed by atoms with E-state index in [1.165, 1.54) is 18.2 Å². The van der Waals surface area contributed by atoms with E-state index < -0.39 is 4.92 Å². The lowest BCUT2D eigenvalue weighted by Gasteiger charge is -2.08. The van der Waals surface area contributed by atoms with Gasteiger partial charge in [-0.15, -0.1) is 0 Å². The maximum Gasteiger partial charge on any atom is 0.292 e. The van der Waals surface area contributed by atoms with Gasteiger partial charge in [-0.1, -0.05) is 12.1 Å². The van der Waals surface area contributed by atoms with Crippen LogP contribution in [0.25, 0.3) is 0 Å². The number of hydrogen-bond acceptors (Lipinski definition) is 4. The highest BCUT2D eigenvalue weighted by Gasteiger charge is 2.12. The van der Waals surface area contributed by atoms with Crippen LogP contribution in [0, 0.1) is 13.7 Å². The Kier molecular flexibility index (Phi) is 3.66. The molecule has 2 rings (SSSR count). The van der Waals surface area contributed by atoms with Crippen LogP contribution in [-0.4, -0.2) is 4.92 Å². The fourth-order valence-electron chi connectivity index (χ4n) is 1.42. The first-order valence-electron chi connectivity index (χ1n) is 5.04. The van der Waals surface area contributed by atoms with Crippen molar-refractivity contribution in [2.75, 3.05) is 5.73 Å². The molecule has 0 bridgehead atoms. The van der Waals surface area contributed by atoms with Gasteiger partial charge in [0.15, 0.2) is 0 Å². The van der Waals surface area contributed by atoms with Crippen LogP contribution in [0.15, 0.2) is 42.5 Å². The summed E-state index contributed by atoms with van der Waals surface area (Å²) < 4.78 is 6.57. The third-order valence-corrected chi connectivity index (χ3v) is 3.15. The first kappa shape index (κ1) is 12.6. The second-order valence-electron chi connectivity index (χ2n) is 3.51. The molecule has 2 N–H and O–H groups in total. The Bertz CT molecular complexity index is 602. The van der Waals surface area contributed by atoms with Crippen molar-refractivity contribution in [1.82, 2.24) is 0 Å². The Balaban J connectivity index is 2.29. The summed E-state index contributed by atoms with van der Waals surface area (Å²) in [4.78, 5) is 10.1. The summed E-state index contributed by atoms with van der Waals surface area (Å²) in [6, 6.07) is 11.8. The molecular formula is C12H9IN2O3. The summed E-state index contributed by atoms with van der Waals surface area (Å²) in [6.07, 6.45) is 0. The highest BCUT2D eigenvalue weighted by Crippen LogP contribution is 2.31. The molecule has 92 valence electrons. The van der Waals surface area contributed by atoms with Gasteiger partial charge < -0.3 is 10.5 Å². The summed E-state index contributed by atoms with van der Waals surface area (Å²) in [5.41, 5.74) is 5.56. The molecule has 0 aliphatic rings. The van der Waals surface area contributed by atoms with Crippen LogP contribution in [0.3, 0.4) is 0 Å². The number of hydrogen-bond donors (Lipinski definition) is 1. The third-order valence-electron chi connectivity index (χ3n) is 2.26. The summed E-state index contributed by atoms with van der Waals surface area (Å²) in [5.74, 6) is 1.16. The maximum atomic E-state index is 10.6. The van der Waals surface area contributed by atoms with Crippen molar-refractivity contribution in [3.8, 4) is 11.5 Å². The van der Waals surface area contributed by atoms with E-state index in [0.29, 0.717) is 11.5 Å². The highest BCUT2D eigenvalue weighted by atomic mass is 127. The second kappa shape index (κ2) is 5.21. The number of nitrogens with zero attached hydrogens (tertiary/aromatic N) is 1. The molecule has 6 heteroatoms. The number of ether oxygens (including phenoxy) is 1. The first-order valence-corrected chi connectivity index (χ1v) is 6.12. The molecule has 0 atom stereocenters. The number of nitro groups is 1. The molecule has 0 unspecified atom stereocenters. The smallest absolute Gasteiger partial charge is 0.292 e. The van der Waals surface area contributed by atoms with Crippen LogP contribution in [0.2, 0.25) is 0 Å². The zero-order chi connectivity index (χ0) is 13.1. The lowest BCUT2D eigenvalue weighted by molar-refractivity contribution is -0.383. The quantitative estimate of drug-likeness (QED) is 0.395. The van der Waals surface area contributed by atoms with E-state index in [-0.39, 0.29) is 11.4 Å². The molecule has 0 aliphatic carbocycles. The first-order chi connectivity index (χ1) is 8.58. The van der Waals surface area contributed by atoms with E-state index >= 15 is 0 Å². The number of benzene rings is 2. The Morgan fingerprint density at radius 2 is 1.94 bits per heavy atom. The number of nitrogens with two attached hydrogens (primary N) is 1. The Morgan fingerprint density at radius 3 is 2.56 bits per heavy atom. The second-order valence-corrected chi connectivity index (χ2v) is 4.67. The average molecular weight is 356 g/mol. The summed E-state index contributed by atoms with van der Waals surface area (Å²) in [5, 5.41) is 10.6. The SMILES string of the molecule is Nc1cc(Oc2ccccc2I)ccc1[N+](=O)[O-]. The van der Waals surface area contributed by atoms with Gasteiger partial charge in [-0.3, -0.25) is 10.1 Å². The predicted octanol–water partition coefficient (Wildman–Crippen LogP) is 3.57. The standard InChI is InChI=1S/C12H9IN2O3/c13-9-3-1-2-4-12(9)18-8-5-6-11(15(16)17)10(14)7-8/h1-7H,14H2. The van der Waals surface area contributed by atoms with Crippen LogP contribution >= 0.6 is 22.6 Å². The molecule has 2 aromatic rings. The lowest BCUT2D eigenvalue weighted by Crippen LogP contribution is -1.96. The zero-order valence-corrected chi connectivity index (χ0v) is 11.3. The topological polar surface area (TPSA) is 78.4 Å². The molecule has 0 heterocycles. The highest BCUT2D eigenvalue weighted by molar-refractivity contribution is 14.1. The van der Waals surface area contributed by atoms with Gasteiger partial charge in [-0.25, -0.2) is 0 Å².